The lowest BCUT2D eigenvalue weighted by atomic mass is 10.0. The Hall–Kier alpha value is -1.87. The molecule has 0 saturated heterocycles. The molecule has 1 aromatic heterocycles. The number of carbonyl (C=O) groups is 2. The van der Waals surface area contributed by atoms with Gasteiger partial charge in [0.2, 0.25) is 11.8 Å². The molecule has 106 valence electrons. The summed E-state index contributed by atoms with van der Waals surface area (Å²) in [6.45, 7) is 4.66. The zero-order valence-corrected chi connectivity index (χ0v) is 12.5. The molecule has 0 atom stereocenters. The fourth-order valence-corrected chi connectivity index (χ4v) is 3.52. The van der Waals surface area contributed by atoms with E-state index in [2.05, 4.69) is 11.4 Å². The van der Waals surface area contributed by atoms with Crippen molar-refractivity contribution in [2.75, 3.05) is 11.9 Å². The molecule has 1 aromatic rings. The molecular weight excluding hydrogens is 274 g/mol. The minimum atomic E-state index is -0.0639. The largest absolute Gasteiger partial charge is 0.337 e. The number of fused-ring (bicyclic) bond motifs is 1. The zero-order chi connectivity index (χ0) is 14.7. The summed E-state index contributed by atoms with van der Waals surface area (Å²) in [6, 6.07) is 2.19. The topological polar surface area (TPSA) is 73.2 Å². The van der Waals surface area contributed by atoms with Crippen molar-refractivity contribution in [1.82, 2.24) is 4.90 Å². The van der Waals surface area contributed by atoms with Crippen LogP contribution in [-0.2, 0) is 22.6 Å². The maximum atomic E-state index is 11.7. The molecule has 6 heteroatoms. The predicted octanol–water partition coefficient (Wildman–Crippen LogP) is 2.26. The molecular formula is C14H17N3O2S. The molecule has 1 aliphatic heterocycles. The van der Waals surface area contributed by atoms with Gasteiger partial charge in [-0.05, 0) is 18.4 Å². The van der Waals surface area contributed by atoms with Crippen molar-refractivity contribution in [3.63, 3.8) is 0 Å². The van der Waals surface area contributed by atoms with E-state index in [0.29, 0.717) is 36.5 Å². The van der Waals surface area contributed by atoms with Gasteiger partial charge in [0.1, 0.15) is 11.1 Å². The Morgan fingerprint density at radius 1 is 1.50 bits per heavy atom. The van der Waals surface area contributed by atoms with Gasteiger partial charge < -0.3 is 10.2 Å². The van der Waals surface area contributed by atoms with Crippen molar-refractivity contribution < 1.29 is 9.59 Å². The molecule has 0 saturated carbocycles. The fraction of sp³-hybridized carbons (Fsp3) is 0.500. The van der Waals surface area contributed by atoms with Gasteiger partial charge in [-0.1, -0.05) is 6.92 Å². The molecule has 2 amide bonds. The standard InChI is InChI=1S/C14H17N3O2S/c1-3-4-13(19)16-14-11(7-15)10-5-6-17(9(2)18)8-12(10)20-14/h3-6,8H2,1-2H3,(H,16,19). The summed E-state index contributed by atoms with van der Waals surface area (Å²) in [5.74, 6) is -0.0230. The highest BCUT2D eigenvalue weighted by molar-refractivity contribution is 7.16. The molecule has 0 aliphatic carbocycles. The number of amides is 2. The fourth-order valence-electron chi connectivity index (χ4n) is 2.29. The van der Waals surface area contributed by atoms with Crippen LogP contribution in [0.1, 0.15) is 42.7 Å². The van der Waals surface area contributed by atoms with Gasteiger partial charge in [-0.3, -0.25) is 9.59 Å². The molecule has 0 fully saturated rings. The Balaban J connectivity index is 2.26. The molecule has 5 nitrogen and oxygen atoms in total. The number of thiophene rings is 1. The summed E-state index contributed by atoms with van der Waals surface area (Å²) in [4.78, 5) is 25.9. The average Bonchev–Trinajstić information content (AvgIpc) is 2.74. The van der Waals surface area contributed by atoms with Crippen molar-refractivity contribution in [2.45, 2.75) is 39.7 Å². The predicted molar refractivity (Wildman–Crippen MR) is 77.4 cm³/mol. The first kappa shape index (κ1) is 14.5. The number of nitriles is 1. The first-order valence-corrected chi connectivity index (χ1v) is 7.48. The first-order chi connectivity index (χ1) is 9.56. The van der Waals surface area contributed by atoms with Crippen LogP contribution in [-0.4, -0.2) is 23.3 Å². The van der Waals surface area contributed by atoms with Crippen LogP contribution in [0.5, 0.6) is 0 Å². The third-order valence-corrected chi connectivity index (χ3v) is 4.48. The molecule has 2 rings (SSSR count). The highest BCUT2D eigenvalue weighted by Crippen LogP contribution is 2.36. The Kier molecular flexibility index (Phi) is 4.40. The molecule has 0 bridgehead atoms. The van der Waals surface area contributed by atoms with E-state index in [4.69, 9.17) is 0 Å². The quantitative estimate of drug-likeness (QED) is 0.928. The van der Waals surface area contributed by atoms with Gasteiger partial charge in [-0.25, -0.2) is 0 Å². The summed E-state index contributed by atoms with van der Waals surface area (Å²) in [7, 11) is 0. The van der Waals surface area contributed by atoms with Crippen molar-refractivity contribution >= 4 is 28.2 Å². The summed E-state index contributed by atoms with van der Waals surface area (Å²) < 4.78 is 0. The second kappa shape index (κ2) is 6.06. The van der Waals surface area contributed by atoms with Crippen LogP contribution in [0, 0.1) is 11.3 Å². The lowest BCUT2D eigenvalue weighted by Crippen LogP contribution is -2.33. The van der Waals surface area contributed by atoms with E-state index in [1.54, 1.807) is 11.8 Å². The molecule has 2 heterocycles. The Bertz CT molecular complexity index is 586. The molecule has 1 aliphatic rings. The average molecular weight is 291 g/mol. The number of anilines is 1. The molecule has 20 heavy (non-hydrogen) atoms. The van der Waals surface area contributed by atoms with Crippen LogP contribution in [0.15, 0.2) is 0 Å². The second-order valence-corrected chi connectivity index (χ2v) is 5.91. The highest BCUT2D eigenvalue weighted by atomic mass is 32.1. The van der Waals surface area contributed by atoms with Gasteiger partial charge in [0.15, 0.2) is 0 Å². The number of hydrogen-bond donors (Lipinski definition) is 1. The molecule has 0 unspecified atom stereocenters. The summed E-state index contributed by atoms with van der Waals surface area (Å²) in [5, 5.41) is 12.7. The third-order valence-electron chi connectivity index (χ3n) is 3.34. The van der Waals surface area contributed by atoms with Crippen molar-refractivity contribution in [1.29, 1.82) is 5.26 Å². The lowest BCUT2D eigenvalue weighted by molar-refractivity contribution is -0.129. The van der Waals surface area contributed by atoms with Gasteiger partial charge in [0.25, 0.3) is 0 Å². The summed E-state index contributed by atoms with van der Waals surface area (Å²) in [5.41, 5.74) is 1.56. The van der Waals surface area contributed by atoms with E-state index < -0.39 is 0 Å². The van der Waals surface area contributed by atoms with Crippen LogP contribution >= 0.6 is 11.3 Å². The van der Waals surface area contributed by atoms with Crippen LogP contribution in [0.3, 0.4) is 0 Å². The number of nitrogens with zero attached hydrogens (tertiary/aromatic N) is 2. The molecule has 1 N–H and O–H groups in total. The van der Waals surface area contributed by atoms with E-state index in [0.717, 1.165) is 16.9 Å². The number of nitrogens with one attached hydrogen (secondary N) is 1. The van der Waals surface area contributed by atoms with E-state index in [1.165, 1.54) is 11.3 Å². The first-order valence-electron chi connectivity index (χ1n) is 6.66. The van der Waals surface area contributed by atoms with Gasteiger partial charge in [0.05, 0.1) is 12.1 Å². The Labute approximate surface area is 122 Å². The summed E-state index contributed by atoms with van der Waals surface area (Å²) in [6.07, 6.45) is 1.90. The molecule has 0 spiro atoms. The molecule has 0 radical (unpaired) electrons. The smallest absolute Gasteiger partial charge is 0.224 e. The molecule has 0 aromatic carbocycles. The van der Waals surface area contributed by atoms with Gasteiger partial charge in [-0.2, -0.15) is 5.26 Å². The normalized spacial score (nSPS) is 13.6. The maximum Gasteiger partial charge on any atom is 0.224 e. The van der Waals surface area contributed by atoms with Crippen LogP contribution < -0.4 is 5.32 Å². The SMILES string of the molecule is CCCC(=O)Nc1sc2c(c1C#N)CCN(C(C)=O)C2. The van der Waals surface area contributed by atoms with Crippen LogP contribution in [0.4, 0.5) is 5.00 Å². The number of hydrogen-bond acceptors (Lipinski definition) is 4. The number of rotatable bonds is 3. The van der Waals surface area contributed by atoms with Gasteiger partial charge in [0, 0.05) is 24.8 Å². The van der Waals surface area contributed by atoms with Crippen molar-refractivity contribution in [3.05, 3.63) is 16.0 Å². The zero-order valence-electron chi connectivity index (χ0n) is 11.7. The van der Waals surface area contributed by atoms with E-state index >= 15 is 0 Å². The van der Waals surface area contributed by atoms with Gasteiger partial charge in [-0.15, -0.1) is 11.3 Å². The van der Waals surface area contributed by atoms with Crippen molar-refractivity contribution in [2.24, 2.45) is 0 Å². The maximum absolute atomic E-state index is 11.7. The lowest BCUT2D eigenvalue weighted by Gasteiger charge is -2.25. The Morgan fingerprint density at radius 3 is 2.85 bits per heavy atom. The second-order valence-electron chi connectivity index (χ2n) is 4.81. The van der Waals surface area contributed by atoms with E-state index in [1.807, 2.05) is 6.92 Å². The third kappa shape index (κ3) is 2.83. The minimum absolute atomic E-state index is 0.0409. The minimum Gasteiger partial charge on any atom is -0.337 e. The summed E-state index contributed by atoms with van der Waals surface area (Å²) >= 11 is 1.41. The van der Waals surface area contributed by atoms with Gasteiger partial charge >= 0.3 is 0 Å². The highest BCUT2D eigenvalue weighted by Gasteiger charge is 2.26. The van der Waals surface area contributed by atoms with E-state index in [-0.39, 0.29) is 11.8 Å². The number of carbonyl (C=O) groups excluding carboxylic acids is 2. The van der Waals surface area contributed by atoms with Crippen LogP contribution in [0.2, 0.25) is 0 Å². The Morgan fingerprint density at radius 2 is 2.25 bits per heavy atom. The van der Waals surface area contributed by atoms with Crippen LogP contribution in [0.25, 0.3) is 0 Å². The van der Waals surface area contributed by atoms with Crippen molar-refractivity contribution in [3.8, 4) is 6.07 Å². The monoisotopic (exact) mass is 291 g/mol. The van der Waals surface area contributed by atoms with E-state index in [9.17, 15) is 14.9 Å².